The van der Waals surface area contributed by atoms with Crippen LogP contribution in [0.2, 0.25) is 0 Å². The topological polar surface area (TPSA) is 70.9 Å². The number of para-hydroxylation sites is 2. The lowest BCUT2D eigenvalue weighted by molar-refractivity contribution is -0.133. The number of nitriles is 1. The zero-order chi connectivity index (χ0) is 23.5. The van der Waals surface area contributed by atoms with Crippen molar-refractivity contribution in [3.63, 3.8) is 0 Å². The first-order valence-corrected chi connectivity index (χ1v) is 11.2. The zero-order valence-corrected chi connectivity index (χ0v) is 19.4. The number of ketones is 1. The van der Waals surface area contributed by atoms with Crippen molar-refractivity contribution in [3.8, 4) is 6.07 Å². The van der Waals surface area contributed by atoms with E-state index in [1.807, 2.05) is 59.1 Å². The van der Waals surface area contributed by atoms with E-state index in [1.165, 1.54) is 11.3 Å². The number of rotatable bonds is 5. The molecular weight excluding hydrogens is 414 g/mol. The number of carbonyl (C=O) groups excluding carboxylic acids is 2. The highest BCUT2D eigenvalue weighted by atomic mass is 16.2. The Balaban J connectivity index is 1.36. The maximum atomic E-state index is 12.9. The summed E-state index contributed by atoms with van der Waals surface area (Å²) in [6.07, 6.45) is 0.142. The van der Waals surface area contributed by atoms with Crippen LogP contribution in [0.25, 0.3) is 0 Å². The molecule has 2 aromatic carbocycles. The van der Waals surface area contributed by atoms with Crippen molar-refractivity contribution in [1.29, 1.82) is 5.26 Å². The molecular formula is C26H29N5O2. The van der Waals surface area contributed by atoms with Gasteiger partial charge in [0, 0.05) is 58.8 Å². The Morgan fingerprint density at radius 3 is 2.12 bits per heavy atom. The predicted octanol–water partition coefficient (Wildman–Crippen LogP) is 3.31. The maximum Gasteiger partial charge on any atom is 0.223 e. The average Bonchev–Trinajstić information content (AvgIpc) is 3.08. The molecule has 0 aliphatic carbocycles. The molecule has 0 atom stereocenters. The second-order valence-electron chi connectivity index (χ2n) is 8.55. The van der Waals surface area contributed by atoms with Gasteiger partial charge < -0.3 is 19.6 Å². The lowest BCUT2D eigenvalue weighted by Gasteiger charge is -2.36. The molecule has 0 spiro atoms. The van der Waals surface area contributed by atoms with Crippen molar-refractivity contribution >= 4 is 28.8 Å². The van der Waals surface area contributed by atoms with Crippen LogP contribution in [-0.4, -0.2) is 56.9 Å². The highest BCUT2D eigenvalue weighted by molar-refractivity contribution is 6.03. The number of carbonyl (C=O) groups is 2. The van der Waals surface area contributed by atoms with Gasteiger partial charge >= 0.3 is 0 Å². The van der Waals surface area contributed by atoms with E-state index in [9.17, 15) is 14.9 Å². The lowest BCUT2D eigenvalue weighted by atomic mass is 10.1. The van der Waals surface area contributed by atoms with Crippen LogP contribution in [0.4, 0.5) is 17.1 Å². The predicted molar refractivity (Wildman–Crippen MR) is 130 cm³/mol. The molecule has 0 bridgehead atoms. The molecule has 7 nitrogen and oxygen atoms in total. The quantitative estimate of drug-likeness (QED) is 0.522. The van der Waals surface area contributed by atoms with Gasteiger partial charge in [-0.15, -0.1) is 0 Å². The molecule has 2 heterocycles. The van der Waals surface area contributed by atoms with E-state index in [0.29, 0.717) is 18.9 Å². The fourth-order valence-electron chi connectivity index (χ4n) is 4.60. The molecule has 1 amide bonds. The van der Waals surface area contributed by atoms with Gasteiger partial charge in [0.05, 0.1) is 11.4 Å². The van der Waals surface area contributed by atoms with Crippen LogP contribution in [0.3, 0.4) is 0 Å². The number of hydrogen-bond donors (Lipinski definition) is 0. The second kappa shape index (κ2) is 9.37. The summed E-state index contributed by atoms with van der Waals surface area (Å²) < 4.78 is 0. The Hall–Kier alpha value is -3.79. The van der Waals surface area contributed by atoms with E-state index in [-0.39, 0.29) is 30.1 Å². The summed E-state index contributed by atoms with van der Waals surface area (Å²) >= 11 is 0. The SMILES string of the molecule is Cc1cccc(N2CCN(C(=O)CCC(=O)C(C#N)=C3N(C)c4ccccc4N3C)CC2)c1. The van der Waals surface area contributed by atoms with E-state index in [0.717, 1.165) is 24.5 Å². The number of Topliss-reactive ketones (excluding diaryl/α,β-unsaturated/α-hetero) is 1. The number of allylic oxidation sites excluding steroid dienone is 1. The minimum atomic E-state index is -0.300. The highest BCUT2D eigenvalue weighted by Crippen LogP contribution is 2.40. The van der Waals surface area contributed by atoms with Crippen molar-refractivity contribution in [2.24, 2.45) is 0 Å². The van der Waals surface area contributed by atoms with Crippen LogP contribution in [0.1, 0.15) is 18.4 Å². The minimum Gasteiger partial charge on any atom is -0.368 e. The van der Waals surface area contributed by atoms with Crippen LogP contribution in [0, 0.1) is 18.3 Å². The monoisotopic (exact) mass is 443 g/mol. The molecule has 0 unspecified atom stereocenters. The number of piperazine rings is 1. The summed E-state index contributed by atoms with van der Waals surface area (Å²) in [7, 11) is 3.70. The molecule has 170 valence electrons. The molecule has 33 heavy (non-hydrogen) atoms. The van der Waals surface area contributed by atoms with Crippen LogP contribution in [0.15, 0.2) is 59.9 Å². The van der Waals surface area contributed by atoms with Crippen molar-refractivity contribution in [2.75, 3.05) is 55.0 Å². The summed E-state index contributed by atoms with van der Waals surface area (Å²) in [5.74, 6) is 0.222. The van der Waals surface area contributed by atoms with Gasteiger partial charge in [0.1, 0.15) is 17.5 Å². The third-order valence-corrected chi connectivity index (χ3v) is 6.42. The lowest BCUT2D eigenvalue weighted by Crippen LogP contribution is -2.48. The normalized spacial score (nSPS) is 15.4. The third kappa shape index (κ3) is 4.42. The van der Waals surface area contributed by atoms with E-state index < -0.39 is 0 Å². The molecule has 0 aromatic heterocycles. The van der Waals surface area contributed by atoms with Gasteiger partial charge in [-0.25, -0.2) is 0 Å². The number of amides is 1. The smallest absolute Gasteiger partial charge is 0.223 e. The van der Waals surface area contributed by atoms with Gasteiger partial charge in [-0.3, -0.25) is 9.59 Å². The molecule has 7 heteroatoms. The Bertz CT molecular complexity index is 1110. The van der Waals surface area contributed by atoms with Gasteiger partial charge in [0.15, 0.2) is 5.78 Å². The number of benzene rings is 2. The molecule has 2 aromatic rings. The van der Waals surface area contributed by atoms with Crippen LogP contribution >= 0.6 is 0 Å². The highest BCUT2D eigenvalue weighted by Gasteiger charge is 2.31. The van der Waals surface area contributed by atoms with Gasteiger partial charge in [-0.2, -0.15) is 5.26 Å². The average molecular weight is 444 g/mol. The van der Waals surface area contributed by atoms with Crippen molar-refractivity contribution < 1.29 is 9.59 Å². The fraction of sp³-hybridized carbons (Fsp3) is 0.346. The molecule has 0 saturated carbocycles. The molecule has 1 fully saturated rings. The van der Waals surface area contributed by atoms with E-state index in [4.69, 9.17) is 0 Å². The van der Waals surface area contributed by atoms with E-state index in [1.54, 1.807) is 0 Å². The Labute approximate surface area is 195 Å². The van der Waals surface area contributed by atoms with E-state index in [2.05, 4.69) is 36.1 Å². The summed E-state index contributed by atoms with van der Waals surface area (Å²) in [5.41, 5.74) is 4.37. The summed E-state index contributed by atoms with van der Waals surface area (Å²) in [4.78, 5) is 33.5. The van der Waals surface area contributed by atoms with E-state index >= 15 is 0 Å². The first-order valence-electron chi connectivity index (χ1n) is 11.2. The Morgan fingerprint density at radius 2 is 1.55 bits per heavy atom. The van der Waals surface area contributed by atoms with Crippen molar-refractivity contribution in [2.45, 2.75) is 19.8 Å². The molecule has 0 N–H and O–H groups in total. The molecule has 0 radical (unpaired) electrons. The number of hydrogen-bond acceptors (Lipinski definition) is 6. The molecule has 2 aliphatic heterocycles. The summed E-state index contributed by atoms with van der Waals surface area (Å²) in [5, 5.41) is 9.76. The summed E-state index contributed by atoms with van der Waals surface area (Å²) in [6.45, 7) is 4.88. The molecule has 4 rings (SSSR count). The van der Waals surface area contributed by atoms with Gasteiger partial charge in [-0.05, 0) is 36.8 Å². The number of nitrogens with zero attached hydrogens (tertiary/aromatic N) is 5. The maximum absolute atomic E-state index is 12.9. The van der Waals surface area contributed by atoms with Crippen molar-refractivity contribution in [3.05, 3.63) is 65.5 Å². The minimum absolute atomic E-state index is 0.0291. The number of anilines is 3. The standard InChI is InChI=1S/C26H29N5O2/c1-19-7-6-8-20(17-19)30-13-15-31(16-14-30)25(33)12-11-24(32)21(18-27)26-28(2)22-9-4-5-10-23(22)29(26)3/h4-10,17H,11-16H2,1-3H3. The van der Waals surface area contributed by atoms with Gasteiger partial charge in [0.25, 0.3) is 0 Å². The third-order valence-electron chi connectivity index (χ3n) is 6.42. The van der Waals surface area contributed by atoms with Crippen LogP contribution in [-0.2, 0) is 9.59 Å². The molecule has 1 saturated heterocycles. The first-order chi connectivity index (χ1) is 15.9. The number of aryl methyl sites for hydroxylation is 1. The van der Waals surface area contributed by atoms with Gasteiger partial charge in [-0.1, -0.05) is 24.3 Å². The van der Waals surface area contributed by atoms with Crippen LogP contribution < -0.4 is 14.7 Å². The van der Waals surface area contributed by atoms with Crippen LogP contribution in [0.5, 0.6) is 0 Å². The van der Waals surface area contributed by atoms with Crippen molar-refractivity contribution in [1.82, 2.24) is 4.90 Å². The Morgan fingerprint density at radius 1 is 0.909 bits per heavy atom. The molecule has 2 aliphatic rings. The fourth-order valence-corrected chi connectivity index (χ4v) is 4.60. The zero-order valence-electron chi connectivity index (χ0n) is 19.4. The Kier molecular flexibility index (Phi) is 6.36. The summed E-state index contributed by atoms with van der Waals surface area (Å²) in [6, 6.07) is 18.2. The largest absolute Gasteiger partial charge is 0.368 e. The number of fused-ring (bicyclic) bond motifs is 1. The first kappa shape index (κ1) is 22.4. The van der Waals surface area contributed by atoms with Gasteiger partial charge in [0.2, 0.25) is 5.91 Å². The second-order valence-corrected chi connectivity index (χ2v) is 8.55.